The minimum atomic E-state index is 0.113. The monoisotopic (exact) mass is 179 g/mol. The molecule has 0 atom stereocenters. The lowest BCUT2D eigenvalue weighted by Crippen LogP contribution is -2.35. The molecule has 1 aromatic rings. The largest absolute Gasteiger partial charge is 0.398 e. The molecular weight excluding hydrogens is 162 g/mol. The number of nitrogen functional groups attached to an aromatic ring is 1. The van der Waals surface area contributed by atoms with E-state index in [4.69, 9.17) is 5.73 Å². The van der Waals surface area contributed by atoms with Crippen molar-refractivity contribution in [3.63, 3.8) is 0 Å². The van der Waals surface area contributed by atoms with Crippen molar-refractivity contribution in [2.75, 3.05) is 5.73 Å². The molecule has 0 bridgehead atoms. The van der Waals surface area contributed by atoms with Gasteiger partial charge in [0.15, 0.2) is 0 Å². The van der Waals surface area contributed by atoms with E-state index in [1.54, 1.807) is 12.4 Å². The van der Waals surface area contributed by atoms with E-state index in [0.717, 1.165) is 17.8 Å². The summed E-state index contributed by atoms with van der Waals surface area (Å²) in [4.78, 5) is 4.03. The topological polar surface area (TPSA) is 50.9 Å². The van der Waals surface area contributed by atoms with Crippen molar-refractivity contribution >= 4 is 5.69 Å². The lowest BCUT2D eigenvalue weighted by Gasteiger charge is -2.20. The number of nitrogens with two attached hydrogens (primary N) is 1. The maximum Gasteiger partial charge on any atom is 0.0390 e. The Morgan fingerprint density at radius 2 is 2.15 bits per heavy atom. The third-order valence-corrected chi connectivity index (χ3v) is 1.75. The van der Waals surface area contributed by atoms with Crippen LogP contribution in [0.3, 0.4) is 0 Å². The quantitative estimate of drug-likeness (QED) is 0.724. The van der Waals surface area contributed by atoms with E-state index in [1.807, 2.05) is 6.07 Å². The van der Waals surface area contributed by atoms with E-state index in [0.29, 0.717) is 0 Å². The molecule has 13 heavy (non-hydrogen) atoms. The van der Waals surface area contributed by atoms with E-state index in [2.05, 4.69) is 31.1 Å². The number of hydrogen-bond donors (Lipinski definition) is 2. The fraction of sp³-hybridized carbons (Fsp3) is 0.500. The Balaban J connectivity index is 2.60. The van der Waals surface area contributed by atoms with Crippen molar-refractivity contribution in [1.82, 2.24) is 10.3 Å². The van der Waals surface area contributed by atoms with Crippen LogP contribution in [-0.4, -0.2) is 10.5 Å². The number of anilines is 1. The average molecular weight is 179 g/mol. The number of aromatic nitrogens is 1. The van der Waals surface area contributed by atoms with Crippen LogP contribution in [0, 0.1) is 0 Å². The van der Waals surface area contributed by atoms with Crippen LogP contribution in [0.15, 0.2) is 18.5 Å². The Morgan fingerprint density at radius 3 is 2.69 bits per heavy atom. The lowest BCUT2D eigenvalue weighted by molar-refractivity contribution is 0.424. The molecule has 0 aromatic carbocycles. The highest BCUT2D eigenvalue weighted by Crippen LogP contribution is 2.09. The molecule has 0 aliphatic heterocycles. The Bertz CT molecular complexity index is 276. The fourth-order valence-corrected chi connectivity index (χ4v) is 0.946. The first-order valence-corrected chi connectivity index (χ1v) is 4.42. The number of nitrogens with zero attached hydrogens (tertiary/aromatic N) is 1. The summed E-state index contributed by atoms with van der Waals surface area (Å²) in [6.45, 7) is 7.14. The first-order chi connectivity index (χ1) is 5.99. The second-order valence-electron chi connectivity index (χ2n) is 4.18. The molecule has 0 aliphatic rings. The number of hydrogen-bond acceptors (Lipinski definition) is 3. The average Bonchev–Trinajstić information content (AvgIpc) is 2.01. The standard InChI is InChI=1S/C10H17N3/c1-10(2,3)13-7-8-6-12-5-4-9(8)11/h4-6,13H,7H2,1-3H3,(H2,11,12). The van der Waals surface area contributed by atoms with Gasteiger partial charge in [-0.1, -0.05) is 0 Å². The van der Waals surface area contributed by atoms with Crippen LogP contribution in [0.25, 0.3) is 0 Å². The summed E-state index contributed by atoms with van der Waals surface area (Å²) < 4.78 is 0. The molecule has 0 aliphatic carbocycles. The van der Waals surface area contributed by atoms with E-state index in [-0.39, 0.29) is 5.54 Å². The highest BCUT2D eigenvalue weighted by atomic mass is 14.9. The Morgan fingerprint density at radius 1 is 1.46 bits per heavy atom. The molecule has 1 rings (SSSR count). The predicted octanol–water partition coefficient (Wildman–Crippen LogP) is 1.55. The maximum absolute atomic E-state index is 5.77. The maximum atomic E-state index is 5.77. The zero-order valence-electron chi connectivity index (χ0n) is 8.46. The molecule has 3 nitrogen and oxygen atoms in total. The minimum Gasteiger partial charge on any atom is -0.398 e. The molecule has 72 valence electrons. The Labute approximate surface area is 79.4 Å². The first-order valence-electron chi connectivity index (χ1n) is 4.42. The Hall–Kier alpha value is -1.09. The summed E-state index contributed by atoms with van der Waals surface area (Å²) in [7, 11) is 0. The molecule has 0 spiro atoms. The van der Waals surface area contributed by atoms with Crippen molar-refractivity contribution < 1.29 is 0 Å². The van der Waals surface area contributed by atoms with Gasteiger partial charge in [0.2, 0.25) is 0 Å². The van der Waals surface area contributed by atoms with Crippen molar-refractivity contribution in [3.8, 4) is 0 Å². The van der Waals surface area contributed by atoms with Crippen LogP contribution in [0.4, 0.5) is 5.69 Å². The minimum absolute atomic E-state index is 0.113. The summed E-state index contributed by atoms with van der Waals surface area (Å²) in [5, 5.41) is 3.36. The predicted molar refractivity (Wildman–Crippen MR) is 55.2 cm³/mol. The van der Waals surface area contributed by atoms with Crippen LogP contribution < -0.4 is 11.1 Å². The van der Waals surface area contributed by atoms with E-state index < -0.39 is 0 Å². The smallest absolute Gasteiger partial charge is 0.0390 e. The fourth-order valence-electron chi connectivity index (χ4n) is 0.946. The second-order valence-corrected chi connectivity index (χ2v) is 4.18. The second kappa shape index (κ2) is 3.75. The lowest BCUT2D eigenvalue weighted by atomic mass is 10.1. The van der Waals surface area contributed by atoms with Crippen LogP contribution in [-0.2, 0) is 6.54 Å². The SMILES string of the molecule is CC(C)(C)NCc1cnccc1N. The van der Waals surface area contributed by atoms with Gasteiger partial charge in [-0.05, 0) is 26.8 Å². The first kappa shape index (κ1) is 9.99. The third-order valence-electron chi connectivity index (χ3n) is 1.75. The van der Waals surface area contributed by atoms with Gasteiger partial charge >= 0.3 is 0 Å². The molecule has 0 fully saturated rings. The van der Waals surface area contributed by atoms with Gasteiger partial charge in [0.1, 0.15) is 0 Å². The molecule has 1 aromatic heterocycles. The van der Waals surface area contributed by atoms with Gasteiger partial charge < -0.3 is 11.1 Å². The van der Waals surface area contributed by atoms with Gasteiger partial charge in [-0.3, -0.25) is 4.98 Å². The van der Waals surface area contributed by atoms with E-state index in [9.17, 15) is 0 Å². The van der Waals surface area contributed by atoms with Gasteiger partial charge in [0, 0.05) is 35.7 Å². The van der Waals surface area contributed by atoms with Crippen LogP contribution >= 0.6 is 0 Å². The zero-order valence-corrected chi connectivity index (χ0v) is 8.46. The van der Waals surface area contributed by atoms with E-state index in [1.165, 1.54) is 0 Å². The van der Waals surface area contributed by atoms with Crippen LogP contribution in [0.5, 0.6) is 0 Å². The van der Waals surface area contributed by atoms with Crippen LogP contribution in [0.1, 0.15) is 26.3 Å². The molecule has 3 N–H and O–H groups in total. The molecule has 0 saturated heterocycles. The van der Waals surface area contributed by atoms with E-state index >= 15 is 0 Å². The van der Waals surface area contributed by atoms with Gasteiger partial charge in [-0.25, -0.2) is 0 Å². The molecular formula is C10H17N3. The summed E-state index contributed by atoms with van der Waals surface area (Å²) in [6.07, 6.45) is 3.50. The summed E-state index contributed by atoms with van der Waals surface area (Å²) in [6, 6.07) is 1.82. The highest BCUT2D eigenvalue weighted by Gasteiger charge is 2.09. The third kappa shape index (κ3) is 3.42. The van der Waals surface area contributed by atoms with Gasteiger partial charge in [-0.15, -0.1) is 0 Å². The van der Waals surface area contributed by atoms with Gasteiger partial charge in [0.25, 0.3) is 0 Å². The van der Waals surface area contributed by atoms with Crippen molar-refractivity contribution in [2.24, 2.45) is 0 Å². The highest BCUT2D eigenvalue weighted by molar-refractivity contribution is 5.44. The molecule has 0 radical (unpaired) electrons. The normalized spacial score (nSPS) is 11.6. The number of pyridine rings is 1. The molecule has 0 saturated carbocycles. The molecule has 1 heterocycles. The molecule has 0 unspecified atom stereocenters. The number of nitrogens with one attached hydrogen (secondary N) is 1. The van der Waals surface area contributed by atoms with Crippen molar-refractivity contribution in [1.29, 1.82) is 0 Å². The van der Waals surface area contributed by atoms with Crippen molar-refractivity contribution in [2.45, 2.75) is 32.9 Å². The molecule has 0 amide bonds. The Kier molecular flexibility index (Phi) is 2.88. The van der Waals surface area contributed by atoms with Crippen LogP contribution in [0.2, 0.25) is 0 Å². The summed E-state index contributed by atoms with van der Waals surface area (Å²) >= 11 is 0. The summed E-state index contributed by atoms with van der Waals surface area (Å²) in [5.74, 6) is 0. The van der Waals surface area contributed by atoms with Gasteiger partial charge in [0.05, 0.1) is 0 Å². The van der Waals surface area contributed by atoms with Crippen molar-refractivity contribution in [3.05, 3.63) is 24.0 Å². The number of rotatable bonds is 2. The van der Waals surface area contributed by atoms with Gasteiger partial charge in [-0.2, -0.15) is 0 Å². The zero-order chi connectivity index (χ0) is 9.90. The molecule has 3 heteroatoms. The summed E-state index contributed by atoms with van der Waals surface area (Å²) in [5.41, 5.74) is 7.73.